The smallest absolute Gasteiger partial charge is 0.142 e. The second kappa shape index (κ2) is 2.89. The van der Waals surface area contributed by atoms with Gasteiger partial charge in [-0.2, -0.15) is 4.37 Å². The quantitative estimate of drug-likeness (QED) is 0.658. The summed E-state index contributed by atoms with van der Waals surface area (Å²) in [7, 11) is 0. The van der Waals surface area contributed by atoms with E-state index in [-0.39, 0.29) is 0 Å². The van der Waals surface area contributed by atoms with Crippen molar-refractivity contribution in [2.45, 2.75) is 19.9 Å². The van der Waals surface area contributed by atoms with E-state index < -0.39 is 0 Å². The van der Waals surface area contributed by atoms with E-state index in [1.165, 1.54) is 11.5 Å². The zero-order chi connectivity index (χ0) is 6.69. The van der Waals surface area contributed by atoms with E-state index in [0.717, 1.165) is 17.3 Å². The number of nitrogens with zero attached hydrogens (tertiary/aromatic N) is 2. The van der Waals surface area contributed by atoms with Crippen LogP contribution in [0.1, 0.15) is 17.8 Å². The topological polar surface area (TPSA) is 51.8 Å². The molecule has 0 aromatic carbocycles. The Bertz CT molecular complexity index is 166. The molecule has 0 atom stereocenters. The summed E-state index contributed by atoms with van der Waals surface area (Å²) in [4.78, 5) is 4.13. The van der Waals surface area contributed by atoms with Crippen molar-refractivity contribution in [1.29, 1.82) is 0 Å². The SMILES string of the molecule is CCc1nsc(CN)n1. The van der Waals surface area contributed by atoms with Crippen molar-refractivity contribution in [1.82, 2.24) is 9.36 Å². The van der Waals surface area contributed by atoms with Crippen molar-refractivity contribution < 1.29 is 0 Å². The Hall–Kier alpha value is -0.480. The third-order valence-electron chi connectivity index (χ3n) is 1.00. The lowest BCUT2D eigenvalue weighted by Crippen LogP contribution is -1.95. The molecule has 0 fully saturated rings. The summed E-state index contributed by atoms with van der Waals surface area (Å²) in [6.45, 7) is 2.54. The van der Waals surface area contributed by atoms with Crippen LogP contribution in [-0.4, -0.2) is 9.36 Å². The monoisotopic (exact) mass is 143 g/mol. The van der Waals surface area contributed by atoms with Gasteiger partial charge >= 0.3 is 0 Å². The molecule has 1 heterocycles. The first kappa shape index (κ1) is 6.64. The van der Waals surface area contributed by atoms with Crippen LogP contribution in [0.4, 0.5) is 0 Å². The maximum Gasteiger partial charge on any atom is 0.142 e. The zero-order valence-electron chi connectivity index (χ0n) is 5.29. The average molecular weight is 143 g/mol. The van der Waals surface area contributed by atoms with Crippen molar-refractivity contribution in [2.24, 2.45) is 5.73 Å². The zero-order valence-corrected chi connectivity index (χ0v) is 6.11. The molecule has 0 unspecified atom stereocenters. The highest BCUT2D eigenvalue weighted by atomic mass is 32.1. The second-order valence-electron chi connectivity index (χ2n) is 1.66. The number of hydrogen-bond donors (Lipinski definition) is 1. The Morgan fingerprint density at radius 1 is 1.67 bits per heavy atom. The average Bonchev–Trinajstić information content (AvgIpc) is 2.34. The Labute approximate surface area is 58.1 Å². The van der Waals surface area contributed by atoms with Crippen LogP contribution in [-0.2, 0) is 13.0 Å². The van der Waals surface area contributed by atoms with Crippen molar-refractivity contribution in [2.75, 3.05) is 0 Å². The Kier molecular flexibility index (Phi) is 2.13. The number of aryl methyl sites for hydroxylation is 1. The molecule has 50 valence electrons. The molecule has 3 nitrogen and oxygen atoms in total. The molecule has 0 saturated carbocycles. The molecule has 1 aromatic rings. The summed E-state index contributed by atoms with van der Waals surface area (Å²) < 4.78 is 4.06. The fourth-order valence-corrected chi connectivity index (χ4v) is 1.12. The van der Waals surface area contributed by atoms with Crippen LogP contribution in [0.3, 0.4) is 0 Å². The first-order valence-electron chi connectivity index (χ1n) is 2.88. The fourth-order valence-electron chi connectivity index (χ4n) is 0.517. The van der Waals surface area contributed by atoms with Gasteiger partial charge in [0, 0.05) is 13.0 Å². The van der Waals surface area contributed by atoms with Gasteiger partial charge in [-0.3, -0.25) is 0 Å². The number of nitrogens with two attached hydrogens (primary N) is 1. The largest absolute Gasteiger partial charge is 0.324 e. The van der Waals surface area contributed by atoms with E-state index in [1.807, 2.05) is 6.92 Å². The molecule has 0 saturated heterocycles. The van der Waals surface area contributed by atoms with E-state index in [0.29, 0.717) is 6.54 Å². The highest BCUT2D eigenvalue weighted by Gasteiger charge is 1.97. The second-order valence-corrected chi connectivity index (χ2v) is 2.50. The normalized spacial score (nSPS) is 10.0. The molecule has 9 heavy (non-hydrogen) atoms. The molecule has 1 rings (SSSR count). The van der Waals surface area contributed by atoms with Gasteiger partial charge in [-0.25, -0.2) is 4.98 Å². The Morgan fingerprint density at radius 3 is 2.78 bits per heavy atom. The summed E-state index contributed by atoms with van der Waals surface area (Å²) in [5, 5.41) is 0.923. The van der Waals surface area contributed by atoms with Crippen molar-refractivity contribution in [3.8, 4) is 0 Å². The van der Waals surface area contributed by atoms with Crippen LogP contribution in [0.5, 0.6) is 0 Å². The molecule has 4 heteroatoms. The van der Waals surface area contributed by atoms with Crippen LogP contribution >= 0.6 is 11.5 Å². The molecule has 0 spiro atoms. The molecule has 0 amide bonds. The van der Waals surface area contributed by atoms with Gasteiger partial charge in [-0.15, -0.1) is 0 Å². The van der Waals surface area contributed by atoms with E-state index in [1.54, 1.807) is 0 Å². The van der Waals surface area contributed by atoms with Crippen molar-refractivity contribution >= 4 is 11.5 Å². The van der Waals surface area contributed by atoms with Gasteiger partial charge in [0.25, 0.3) is 0 Å². The fraction of sp³-hybridized carbons (Fsp3) is 0.600. The van der Waals surface area contributed by atoms with Gasteiger partial charge in [0.05, 0.1) is 0 Å². The Morgan fingerprint density at radius 2 is 2.44 bits per heavy atom. The minimum atomic E-state index is 0.512. The molecule has 0 aliphatic rings. The predicted molar refractivity (Wildman–Crippen MR) is 37.2 cm³/mol. The highest BCUT2D eigenvalue weighted by molar-refractivity contribution is 7.05. The third-order valence-corrected chi connectivity index (χ3v) is 1.77. The lowest BCUT2D eigenvalue weighted by molar-refractivity contribution is 0.949. The summed E-state index contributed by atoms with van der Waals surface area (Å²) in [6.07, 6.45) is 0.899. The van der Waals surface area contributed by atoms with E-state index in [4.69, 9.17) is 5.73 Å². The molecule has 1 aromatic heterocycles. The first-order valence-corrected chi connectivity index (χ1v) is 3.65. The Balaban J connectivity index is 2.74. The molecular weight excluding hydrogens is 134 g/mol. The lowest BCUT2D eigenvalue weighted by Gasteiger charge is -1.80. The minimum Gasteiger partial charge on any atom is -0.324 e. The predicted octanol–water partition coefficient (Wildman–Crippen LogP) is 0.559. The molecule has 0 aliphatic carbocycles. The molecular formula is C5H9N3S. The molecule has 0 bridgehead atoms. The van der Waals surface area contributed by atoms with Gasteiger partial charge in [0.2, 0.25) is 0 Å². The summed E-state index contributed by atoms with van der Waals surface area (Å²) in [6, 6.07) is 0. The van der Waals surface area contributed by atoms with Gasteiger partial charge in [-0.1, -0.05) is 6.92 Å². The molecule has 2 N–H and O–H groups in total. The maximum absolute atomic E-state index is 5.33. The molecule has 0 aliphatic heterocycles. The van der Waals surface area contributed by atoms with Gasteiger partial charge in [0.15, 0.2) is 0 Å². The minimum absolute atomic E-state index is 0.512. The van der Waals surface area contributed by atoms with Gasteiger partial charge in [-0.05, 0) is 11.5 Å². The van der Waals surface area contributed by atoms with Crippen molar-refractivity contribution in [3.63, 3.8) is 0 Å². The van der Waals surface area contributed by atoms with Crippen LogP contribution in [0.25, 0.3) is 0 Å². The van der Waals surface area contributed by atoms with Crippen molar-refractivity contribution in [3.05, 3.63) is 10.8 Å². The number of hydrogen-bond acceptors (Lipinski definition) is 4. The molecule has 0 radical (unpaired) electrons. The van der Waals surface area contributed by atoms with Crippen LogP contribution in [0, 0.1) is 0 Å². The standard InChI is InChI=1S/C5H9N3S/c1-2-4-7-5(3-6)9-8-4/h2-3,6H2,1H3. The number of aromatic nitrogens is 2. The van der Waals surface area contributed by atoms with E-state index >= 15 is 0 Å². The van der Waals surface area contributed by atoms with Crippen LogP contribution < -0.4 is 5.73 Å². The van der Waals surface area contributed by atoms with E-state index in [2.05, 4.69) is 9.36 Å². The first-order chi connectivity index (χ1) is 4.36. The summed E-state index contributed by atoms with van der Waals surface area (Å²) in [5.74, 6) is 0.903. The lowest BCUT2D eigenvalue weighted by atomic mass is 10.5. The number of rotatable bonds is 2. The highest BCUT2D eigenvalue weighted by Crippen LogP contribution is 2.02. The third kappa shape index (κ3) is 1.46. The van der Waals surface area contributed by atoms with Gasteiger partial charge < -0.3 is 5.73 Å². The van der Waals surface area contributed by atoms with Crippen LogP contribution in [0.15, 0.2) is 0 Å². The van der Waals surface area contributed by atoms with E-state index in [9.17, 15) is 0 Å². The maximum atomic E-state index is 5.33. The summed E-state index contributed by atoms with van der Waals surface area (Å²) >= 11 is 1.39. The summed E-state index contributed by atoms with van der Waals surface area (Å²) in [5.41, 5.74) is 5.33. The van der Waals surface area contributed by atoms with Gasteiger partial charge in [0.1, 0.15) is 10.8 Å². The van der Waals surface area contributed by atoms with Crippen LogP contribution in [0.2, 0.25) is 0 Å².